The number of anilines is 1. The van der Waals surface area contributed by atoms with Crippen LogP contribution in [0.5, 0.6) is 0 Å². The van der Waals surface area contributed by atoms with Gasteiger partial charge in [-0.1, -0.05) is 13.8 Å². The van der Waals surface area contributed by atoms with Crippen LogP contribution in [0, 0.1) is 5.92 Å². The summed E-state index contributed by atoms with van der Waals surface area (Å²) in [6.07, 6.45) is 4.94. The summed E-state index contributed by atoms with van der Waals surface area (Å²) < 4.78 is 1.85. The molecule has 0 spiro atoms. The van der Waals surface area contributed by atoms with Gasteiger partial charge >= 0.3 is 6.03 Å². The summed E-state index contributed by atoms with van der Waals surface area (Å²) in [4.78, 5) is 30.6. The van der Waals surface area contributed by atoms with Crippen molar-refractivity contribution < 1.29 is 9.59 Å². The van der Waals surface area contributed by atoms with E-state index in [1.165, 1.54) is 0 Å². The molecule has 2 aromatic heterocycles. The number of nitrogens with zero attached hydrogens (tertiary/aromatic N) is 4. The molecule has 1 aliphatic heterocycles. The first kappa shape index (κ1) is 19.1. The third kappa shape index (κ3) is 4.37. The molecular weight excluding hydrogens is 344 g/mol. The maximum absolute atomic E-state index is 12.3. The molecule has 3 rings (SSSR count). The van der Waals surface area contributed by atoms with E-state index in [-0.39, 0.29) is 29.9 Å². The first-order valence-electron chi connectivity index (χ1n) is 9.54. The third-order valence-electron chi connectivity index (χ3n) is 4.82. The third-order valence-corrected chi connectivity index (χ3v) is 4.82. The van der Waals surface area contributed by atoms with Crippen LogP contribution in [0.1, 0.15) is 46.6 Å². The number of rotatable bonds is 4. The van der Waals surface area contributed by atoms with Crippen LogP contribution in [0.2, 0.25) is 0 Å². The summed E-state index contributed by atoms with van der Waals surface area (Å²) in [6, 6.07) is 1.92. The van der Waals surface area contributed by atoms with Gasteiger partial charge in [0.05, 0.1) is 18.1 Å². The number of likely N-dealkylation sites (tertiary alicyclic amines) is 1. The number of fused-ring (bicyclic) bond motifs is 1. The number of pyridine rings is 1. The molecular formula is C19H28N6O2. The molecule has 27 heavy (non-hydrogen) atoms. The molecule has 0 aliphatic carbocycles. The summed E-state index contributed by atoms with van der Waals surface area (Å²) in [5.74, 6) is 0.194. The molecule has 0 unspecified atom stereocenters. The summed E-state index contributed by atoms with van der Waals surface area (Å²) in [5.41, 5.74) is 1.44. The molecule has 2 N–H and O–H groups in total. The van der Waals surface area contributed by atoms with Gasteiger partial charge in [-0.15, -0.1) is 0 Å². The number of amides is 3. The second-order valence-corrected chi connectivity index (χ2v) is 7.67. The Hall–Kier alpha value is -2.64. The second-order valence-electron chi connectivity index (χ2n) is 7.67. The van der Waals surface area contributed by atoms with Crippen molar-refractivity contribution in [3.8, 4) is 0 Å². The fourth-order valence-electron chi connectivity index (χ4n) is 3.35. The quantitative estimate of drug-likeness (QED) is 0.863. The molecule has 1 saturated heterocycles. The molecule has 0 aromatic carbocycles. The van der Waals surface area contributed by atoms with Gasteiger partial charge in [-0.05, 0) is 32.8 Å². The maximum atomic E-state index is 12.3. The molecule has 2 aromatic rings. The minimum Gasteiger partial charge on any atom is -0.342 e. The maximum Gasteiger partial charge on any atom is 0.319 e. The van der Waals surface area contributed by atoms with E-state index in [2.05, 4.69) is 20.7 Å². The van der Waals surface area contributed by atoms with Crippen molar-refractivity contribution in [2.75, 3.05) is 18.4 Å². The van der Waals surface area contributed by atoms with E-state index in [1.54, 1.807) is 12.4 Å². The predicted molar refractivity (Wildman–Crippen MR) is 105 cm³/mol. The van der Waals surface area contributed by atoms with Crippen LogP contribution in [-0.2, 0) is 4.79 Å². The number of carbonyl (C=O) groups is 2. The van der Waals surface area contributed by atoms with Crippen molar-refractivity contribution in [3.05, 3.63) is 18.5 Å². The van der Waals surface area contributed by atoms with Gasteiger partial charge in [0, 0.05) is 36.5 Å². The molecule has 8 nitrogen and oxygen atoms in total. The van der Waals surface area contributed by atoms with Gasteiger partial charge < -0.3 is 15.5 Å². The largest absolute Gasteiger partial charge is 0.342 e. The lowest BCUT2D eigenvalue weighted by Crippen LogP contribution is -2.48. The number of hydrogen-bond acceptors (Lipinski definition) is 4. The number of carbonyl (C=O) groups excluding carboxylic acids is 2. The summed E-state index contributed by atoms with van der Waals surface area (Å²) in [6.45, 7) is 9.29. The van der Waals surface area contributed by atoms with Crippen molar-refractivity contribution in [1.29, 1.82) is 0 Å². The van der Waals surface area contributed by atoms with Crippen molar-refractivity contribution in [2.24, 2.45) is 5.92 Å². The highest BCUT2D eigenvalue weighted by molar-refractivity contribution is 5.91. The van der Waals surface area contributed by atoms with Crippen LogP contribution in [0.15, 0.2) is 18.5 Å². The van der Waals surface area contributed by atoms with E-state index in [9.17, 15) is 9.59 Å². The molecule has 0 saturated carbocycles. The highest BCUT2D eigenvalue weighted by atomic mass is 16.2. The topological polar surface area (TPSA) is 92.2 Å². The number of hydrogen-bond donors (Lipinski definition) is 2. The summed E-state index contributed by atoms with van der Waals surface area (Å²) >= 11 is 0. The standard InChI is InChI=1S/C19H28N6O2/c1-12(2)18(26)24-7-5-15(6-8-24)22-19(27)23-16-9-14-10-21-25(13(3)4)17(14)20-11-16/h9-13,15H,5-8H2,1-4H3,(H2,22,23,27). The number of urea groups is 1. The molecule has 0 atom stereocenters. The van der Waals surface area contributed by atoms with Crippen LogP contribution in [0.4, 0.5) is 10.5 Å². The van der Waals surface area contributed by atoms with Gasteiger partial charge in [0.25, 0.3) is 0 Å². The monoisotopic (exact) mass is 372 g/mol. The van der Waals surface area contributed by atoms with E-state index < -0.39 is 0 Å². The van der Waals surface area contributed by atoms with Crippen molar-refractivity contribution >= 4 is 28.7 Å². The lowest BCUT2D eigenvalue weighted by Gasteiger charge is -2.33. The van der Waals surface area contributed by atoms with Gasteiger partial charge in [0.2, 0.25) is 5.91 Å². The van der Waals surface area contributed by atoms with Gasteiger partial charge in [-0.25, -0.2) is 14.5 Å². The van der Waals surface area contributed by atoms with Crippen LogP contribution < -0.4 is 10.6 Å². The summed E-state index contributed by atoms with van der Waals surface area (Å²) in [7, 11) is 0. The minimum absolute atomic E-state index is 0.0141. The van der Waals surface area contributed by atoms with Crippen LogP contribution in [-0.4, -0.2) is 50.7 Å². The minimum atomic E-state index is -0.249. The number of nitrogens with one attached hydrogen (secondary N) is 2. The molecule has 8 heteroatoms. The van der Waals surface area contributed by atoms with Gasteiger partial charge in [-0.2, -0.15) is 5.10 Å². The van der Waals surface area contributed by atoms with Crippen molar-refractivity contribution in [3.63, 3.8) is 0 Å². The Balaban J connectivity index is 1.54. The Kier molecular flexibility index (Phi) is 5.62. The number of piperidine rings is 1. The van der Waals surface area contributed by atoms with Gasteiger partial charge in [-0.3, -0.25) is 4.79 Å². The average molecular weight is 372 g/mol. The zero-order valence-corrected chi connectivity index (χ0v) is 16.4. The normalized spacial score (nSPS) is 15.6. The molecule has 1 fully saturated rings. The fourth-order valence-corrected chi connectivity index (χ4v) is 3.35. The highest BCUT2D eigenvalue weighted by Crippen LogP contribution is 2.19. The van der Waals surface area contributed by atoms with E-state index in [0.29, 0.717) is 18.8 Å². The van der Waals surface area contributed by atoms with Gasteiger partial charge in [0.1, 0.15) is 0 Å². The van der Waals surface area contributed by atoms with Crippen LogP contribution in [0.25, 0.3) is 11.0 Å². The van der Waals surface area contributed by atoms with Crippen LogP contribution >= 0.6 is 0 Å². The van der Waals surface area contributed by atoms with E-state index >= 15 is 0 Å². The molecule has 3 heterocycles. The van der Waals surface area contributed by atoms with E-state index in [1.807, 2.05) is 43.3 Å². The Morgan fingerprint density at radius 3 is 2.48 bits per heavy atom. The lowest BCUT2D eigenvalue weighted by atomic mass is 10.0. The Morgan fingerprint density at radius 2 is 1.85 bits per heavy atom. The van der Waals surface area contributed by atoms with E-state index in [0.717, 1.165) is 23.9 Å². The zero-order chi connectivity index (χ0) is 19.6. The second kappa shape index (κ2) is 7.94. The molecule has 146 valence electrons. The highest BCUT2D eigenvalue weighted by Gasteiger charge is 2.25. The van der Waals surface area contributed by atoms with Crippen molar-refractivity contribution in [1.82, 2.24) is 25.0 Å². The van der Waals surface area contributed by atoms with E-state index in [4.69, 9.17) is 0 Å². The smallest absolute Gasteiger partial charge is 0.319 e. The summed E-state index contributed by atoms with van der Waals surface area (Å²) in [5, 5.41) is 11.1. The lowest BCUT2D eigenvalue weighted by molar-refractivity contribution is -0.135. The molecule has 1 aliphatic rings. The molecule has 0 radical (unpaired) electrons. The zero-order valence-electron chi connectivity index (χ0n) is 16.4. The predicted octanol–water partition coefficient (Wildman–Crippen LogP) is 2.78. The van der Waals surface area contributed by atoms with Crippen LogP contribution in [0.3, 0.4) is 0 Å². The Morgan fingerprint density at radius 1 is 1.15 bits per heavy atom. The molecule has 3 amide bonds. The SMILES string of the molecule is CC(C)C(=O)N1CCC(NC(=O)Nc2cnc3c(cnn3C(C)C)c2)CC1. The number of aromatic nitrogens is 3. The Labute approximate surface area is 159 Å². The first-order chi connectivity index (χ1) is 12.8. The first-order valence-corrected chi connectivity index (χ1v) is 9.54. The average Bonchev–Trinajstić information content (AvgIpc) is 3.05. The van der Waals surface area contributed by atoms with Gasteiger partial charge in [0.15, 0.2) is 5.65 Å². The molecule has 0 bridgehead atoms. The Bertz CT molecular complexity index is 821. The van der Waals surface area contributed by atoms with Crippen molar-refractivity contribution in [2.45, 2.75) is 52.6 Å². The fraction of sp³-hybridized carbons (Fsp3) is 0.579.